The zero-order chi connectivity index (χ0) is 15.2. The molecule has 1 rings (SSSR count). The molecular formula is C15H23N3O2. The summed E-state index contributed by atoms with van der Waals surface area (Å²) in [4.78, 5) is 23.0. The quantitative estimate of drug-likeness (QED) is 0.739. The molecule has 0 spiro atoms. The Morgan fingerprint density at radius 3 is 2.30 bits per heavy atom. The van der Waals surface area contributed by atoms with E-state index in [1.165, 1.54) is 6.92 Å². The second-order valence-corrected chi connectivity index (χ2v) is 5.18. The van der Waals surface area contributed by atoms with Gasteiger partial charge in [0, 0.05) is 25.7 Å². The van der Waals surface area contributed by atoms with Gasteiger partial charge in [-0.3, -0.25) is 9.59 Å². The summed E-state index contributed by atoms with van der Waals surface area (Å²) < 4.78 is 0. The van der Waals surface area contributed by atoms with Crippen LogP contribution in [0.25, 0.3) is 0 Å². The fraction of sp³-hybridized carbons (Fsp3) is 0.467. The minimum atomic E-state index is -0.518. The van der Waals surface area contributed by atoms with Gasteiger partial charge in [0.1, 0.15) is 0 Å². The van der Waals surface area contributed by atoms with Crippen molar-refractivity contribution in [2.75, 3.05) is 11.9 Å². The molecule has 0 bridgehead atoms. The molecule has 4 N–H and O–H groups in total. The highest BCUT2D eigenvalue weighted by Crippen LogP contribution is 2.19. The summed E-state index contributed by atoms with van der Waals surface area (Å²) in [5.41, 5.74) is 6.85. The number of hydrogen-bond donors (Lipinski definition) is 3. The molecule has 0 aliphatic heterocycles. The van der Waals surface area contributed by atoms with Crippen LogP contribution in [0, 0.1) is 5.41 Å². The van der Waals surface area contributed by atoms with Crippen molar-refractivity contribution in [2.24, 2.45) is 11.1 Å². The van der Waals surface area contributed by atoms with Gasteiger partial charge < -0.3 is 16.4 Å². The van der Waals surface area contributed by atoms with Crippen molar-refractivity contribution >= 4 is 17.5 Å². The lowest BCUT2D eigenvalue weighted by Crippen LogP contribution is -2.43. The number of anilines is 1. The van der Waals surface area contributed by atoms with Gasteiger partial charge in [-0.2, -0.15) is 0 Å². The van der Waals surface area contributed by atoms with E-state index in [1.54, 1.807) is 0 Å². The summed E-state index contributed by atoms with van der Waals surface area (Å²) >= 11 is 0. The molecule has 1 aromatic rings. The van der Waals surface area contributed by atoms with Crippen LogP contribution >= 0.6 is 0 Å². The van der Waals surface area contributed by atoms with E-state index in [0.29, 0.717) is 19.5 Å². The normalized spacial score (nSPS) is 13.4. The first-order chi connectivity index (χ1) is 9.41. The van der Waals surface area contributed by atoms with Crippen LogP contribution in [0.5, 0.6) is 0 Å². The SMILES string of the molecule is CCC(C)(CN)C(=O)NCc1ccc(NC(C)=O)cc1. The van der Waals surface area contributed by atoms with Crippen molar-refractivity contribution in [3.63, 3.8) is 0 Å². The van der Waals surface area contributed by atoms with E-state index in [9.17, 15) is 9.59 Å². The maximum Gasteiger partial charge on any atom is 0.227 e. The first kappa shape index (κ1) is 16.2. The maximum absolute atomic E-state index is 12.1. The van der Waals surface area contributed by atoms with Crippen molar-refractivity contribution < 1.29 is 9.59 Å². The average Bonchev–Trinajstić information content (AvgIpc) is 2.44. The van der Waals surface area contributed by atoms with E-state index in [4.69, 9.17) is 5.73 Å². The minimum Gasteiger partial charge on any atom is -0.352 e. The molecule has 0 saturated carbocycles. The number of carbonyl (C=O) groups is 2. The summed E-state index contributed by atoms with van der Waals surface area (Å²) in [6.45, 7) is 6.06. The fourth-order valence-electron chi connectivity index (χ4n) is 1.70. The lowest BCUT2D eigenvalue weighted by atomic mass is 9.86. The molecule has 0 heterocycles. The highest BCUT2D eigenvalue weighted by atomic mass is 16.2. The summed E-state index contributed by atoms with van der Waals surface area (Å²) in [5, 5.41) is 5.59. The molecule has 20 heavy (non-hydrogen) atoms. The summed E-state index contributed by atoms with van der Waals surface area (Å²) in [6, 6.07) is 7.37. The standard InChI is InChI=1S/C15H23N3O2/c1-4-15(3,10-16)14(20)17-9-12-5-7-13(8-6-12)18-11(2)19/h5-8H,4,9-10,16H2,1-3H3,(H,17,20)(H,18,19). The molecule has 110 valence electrons. The molecule has 0 radical (unpaired) electrons. The van der Waals surface area contributed by atoms with Crippen molar-refractivity contribution in [3.8, 4) is 0 Å². The van der Waals surface area contributed by atoms with E-state index in [1.807, 2.05) is 38.1 Å². The first-order valence-electron chi connectivity index (χ1n) is 6.76. The molecule has 1 atom stereocenters. The van der Waals surface area contributed by atoms with Crippen LogP contribution in [0.4, 0.5) is 5.69 Å². The molecule has 1 unspecified atom stereocenters. The monoisotopic (exact) mass is 277 g/mol. The molecule has 0 aliphatic rings. The van der Waals surface area contributed by atoms with Crippen LogP contribution in [0.1, 0.15) is 32.8 Å². The third kappa shape index (κ3) is 4.35. The minimum absolute atomic E-state index is 0.0339. The molecule has 2 amide bonds. The highest BCUT2D eigenvalue weighted by molar-refractivity contribution is 5.88. The Balaban J connectivity index is 2.58. The van der Waals surface area contributed by atoms with Crippen LogP contribution in [-0.4, -0.2) is 18.4 Å². The largest absolute Gasteiger partial charge is 0.352 e. The first-order valence-corrected chi connectivity index (χ1v) is 6.76. The third-order valence-electron chi connectivity index (χ3n) is 3.51. The Hall–Kier alpha value is -1.88. The zero-order valence-electron chi connectivity index (χ0n) is 12.3. The Bertz CT molecular complexity index is 465. The number of nitrogens with two attached hydrogens (primary N) is 1. The molecule has 5 heteroatoms. The number of benzene rings is 1. The zero-order valence-corrected chi connectivity index (χ0v) is 12.3. The van der Waals surface area contributed by atoms with E-state index < -0.39 is 5.41 Å². The van der Waals surface area contributed by atoms with Crippen molar-refractivity contribution in [1.29, 1.82) is 0 Å². The van der Waals surface area contributed by atoms with Gasteiger partial charge >= 0.3 is 0 Å². The average molecular weight is 277 g/mol. The molecular weight excluding hydrogens is 254 g/mol. The number of rotatable bonds is 6. The van der Waals surface area contributed by atoms with Gasteiger partial charge in [-0.1, -0.05) is 19.1 Å². The Morgan fingerprint density at radius 1 is 1.25 bits per heavy atom. The van der Waals surface area contributed by atoms with Gasteiger partial charge in [-0.25, -0.2) is 0 Å². The Kier molecular flexibility index (Phi) is 5.70. The number of nitrogens with one attached hydrogen (secondary N) is 2. The van der Waals surface area contributed by atoms with Gasteiger partial charge in [0.25, 0.3) is 0 Å². The fourth-order valence-corrected chi connectivity index (χ4v) is 1.70. The summed E-state index contributed by atoms with van der Waals surface area (Å²) in [7, 11) is 0. The Morgan fingerprint density at radius 2 is 1.85 bits per heavy atom. The van der Waals surface area contributed by atoms with E-state index in [0.717, 1.165) is 11.3 Å². The van der Waals surface area contributed by atoms with Crippen LogP contribution < -0.4 is 16.4 Å². The van der Waals surface area contributed by atoms with Crippen LogP contribution in [0.15, 0.2) is 24.3 Å². The molecule has 0 fully saturated rings. The van der Waals surface area contributed by atoms with E-state index in [2.05, 4.69) is 10.6 Å². The van der Waals surface area contributed by atoms with Gasteiger partial charge in [0.15, 0.2) is 0 Å². The summed E-state index contributed by atoms with van der Waals surface area (Å²) in [5.74, 6) is -0.138. The highest BCUT2D eigenvalue weighted by Gasteiger charge is 2.29. The van der Waals surface area contributed by atoms with Gasteiger partial charge in [0.2, 0.25) is 11.8 Å². The van der Waals surface area contributed by atoms with Crippen LogP contribution in [-0.2, 0) is 16.1 Å². The second kappa shape index (κ2) is 7.05. The molecule has 0 aromatic heterocycles. The molecule has 5 nitrogen and oxygen atoms in total. The van der Waals surface area contributed by atoms with E-state index in [-0.39, 0.29) is 11.8 Å². The number of amides is 2. The predicted molar refractivity (Wildman–Crippen MR) is 80.0 cm³/mol. The second-order valence-electron chi connectivity index (χ2n) is 5.18. The molecule has 0 aliphatic carbocycles. The van der Waals surface area contributed by atoms with Crippen molar-refractivity contribution in [2.45, 2.75) is 33.7 Å². The van der Waals surface area contributed by atoms with Crippen molar-refractivity contribution in [3.05, 3.63) is 29.8 Å². The summed E-state index contributed by atoms with van der Waals surface area (Å²) in [6.07, 6.45) is 0.705. The number of carbonyl (C=O) groups excluding carboxylic acids is 2. The van der Waals surface area contributed by atoms with Gasteiger partial charge in [-0.05, 0) is 31.0 Å². The number of hydrogen-bond acceptors (Lipinski definition) is 3. The lowest BCUT2D eigenvalue weighted by Gasteiger charge is -2.24. The Labute approximate surface area is 119 Å². The lowest BCUT2D eigenvalue weighted by molar-refractivity contribution is -0.130. The van der Waals surface area contributed by atoms with Crippen LogP contribution in [0.2, 0.25) is 0 Å². The maximum atomic E-state index is 12.1. The van der Waals surface area contributed by atoms with Crippen molar-refractivity contribution in [1.82, 2.24) is 5.32 Å². The van der Waals surface area contributed by atoms with Gasteiger partial charge in [-0.15, -0.1) is 0 Å². The topological polar surface area (TPSA) is 84.2 Å². The van der Waals surface area contributed by atoms with Gasteiger partial charge in [0.05, 0.1) is 5.41 Å². The molecule has 1 aromatic carbocycles. The van der Waals surface area contributed by atoms with Crippen LogP contribution in [0.3, 0.4) is 0 Å². The predicted octanol–water partition coefficient (Wildman–Crippen LogP) is 1.64. The smallest absolute Gasteiger partial charge is 0.227 e. The molecule has 0 saturated heterocycles. The third-order valence-corrected chi connectivity index (χ3v) is 3.51. The van der Waals surface area contributed by atoms with E-state index >= 15 is 0 Å².